The third kappa shape index (κ3) is 4.23. The van der Waals surface area contributed by atoms with E-state index >= 15 is 0 Å². The number of piperidine rings is 1. The Kier molecular flexibility index (Phi) is 5.61. The molecule has 164 valence electrons. The summed E-state index contributed by atoms with van der Waals surface area (Å²) in [5, 5.41) is 6.19. The highest BCUT2D eigenvalue weighted by molar-refractivity contribution is 7.13. The van der Waals surface area contributed by atoms with Crippen LogP contribution in [0.1, 0.15) is 41.5 Å². The van der Waals surface area contributed by atoms with Gasteiger partial charge < -0.3 is 14.6 Å². The summed E-state index contributed by atoms with van der Waals surface area (Å²) < 4.78 is 2.02. The summed E-state index contributed by atoms with van der Waals surface area (Å²) in [7, 11) is 0. The van der Waals surface area contributed by atoms with Crippen LogP contribution in [0.2, 0.25) is 0 Å². The van der Waals surface area contributed by atoms with Gasteiger partial charge >= 0.3 is 0 Å². The SMILES string of the molecule is Cc1cc(Nc2nccs2)cc([C@@H]2CCCN(C(=O)Cc3c(C)nc4ccccn34)C2)n1. The third-order valence-electron chi connectivity index (χ3n) is 6.00. The molecular weight excluding hydrogens is 420 g/mol. The molecule has 1 atom stereocenters. The van der Waals surface area contributed by atoms with E-state index in [-0.39, 0.29) is 11.8 Å². The van der Waals surface area contributed by atoms with Gasteiger partial charge in [0.2, 0.25) is 5.91 Å². The number of carbonyl (C=O) groups is 1. The van der Waals surface area contributed by atoms with Gasteiger partial charge in [0.25, 0.3) is 0 Å². The number of hydrogen-bond acceptors (Lipinski definition) is 6. The number of rotatable bonds is 5. The highest BCUT2D eigenvalue weighted by Crippen LogP contribution is 2.29. The van der Waals surface area contributed by atoms with Crippen molar-refractivity contribution < 1.29 is 4.79 Å². The molecule has 7 nitrogen and oxygen atoms in total. The van der Waals surface area contributed by atoms with Crippen LogP contribution in [-0.4, -0.2) is 43.2 Å². The van der Waals surface area contributed by atoms with Crippen molar-refractivity contribution in [2.45, 2.75) is 39.0 Å². The van der Waals surface area contributed by atoms with Crippen LogP contribution >= 0.6 is 11.3 Å². The number of carbonyl (C=O) groups excluding carboxylic acids is 1. The maximum Gasteiger partial charge on any atom is 0.228 e. The lowest BCUT2D eigenvalue weighted by atomic mass is 9.93. The van der Waals surface area contributed by atoms with Crippen LogP contribution in [0.15, 0.2) is 48.1 Å². The van der Waals surface area contributed by atoms with Gasteiger partial charge in [-0.05, 0) is 51.0 Å². The zero-order valence-electron chi connectivity index (χ0n) is 18.3. The lowest BCUT2D eigenvalue weighted by Crippen LogP contribution is -2.40. The summed E-state index contributed by atoms with van der Waals surface area (Å²) in [6.45, 7) is 5.47. The Morgan fingerprint density at radius 1 is 1.25 bits per heavy atom. The second-order valence-electron chi connectivity index (χ2n) is 8.31. The van der Waals surface area contributed by atoms with E-state index in [0.717, 1.165) is 58.6 Å². The van der Waals surface area contributed by atoms with Crippen LogP contribution in [0.3, 0.4) is 0 Å². The summed E-state index contributed by atoms with van der Waals surface area (Å²) in [5.41, 5.74) is 5.76. The number of amides is 1. The molecule has 1 fully saturated rings. The van der Waals surface area contributed by atoms with E-state index < -0.39 is 0 Å². The standard InChI is InChI=1S/C24H26N6OS/c1-16-12-19(28-24-25-8-11-32-24)13-20(26-16)18-6-5-9-29(15-18)23(31)14-21-17(2)27-22-7-3-4-10-30(21)22/h3-4,7-8,10-13,18H,5-6,9,14-15H2,1-2H3,(H,25,26,28)/t18-/m1/s1. The van der Waals surface area contributed by atoms with Gasteiger partial charge in [-0.15, -0.1) is 11.3 Å². The van der Waals surface area contributed by atoms with Crippen molar-refractivity contribution in [3.63, 3.8) is 0 Å². The average molecular weight is 447 g/mol. The highest BCUT2D eigenvalue weighted by Gasteiger charge is 2.27. The van der Waals surface area contributed by atoms with Crippen molar-refractivity contribution in [1.82, 2.24) is 24.3 Å². The molecule has 1 N–H and O–H groups in total. The van der Waals surface area contributed by atoms with Crippen molar-refractivity contribution in [3.8, 4) is 0 Å². The van der Waals surface area contributed by atoms with Crippen molar-refractivity contribution >= 4 is 33.7 Å². The molecule has 1 aliphatic heterocycles. The molecule has 0 bridgehead atoms. The molecule has 8 heteroatoms. The maximum absolute atomic E-state index is 13.2. The van der Waals surface area contributed by atoms with Gasteiger partial charge in [0.15, 0.2) is 5.13 Å². The van der Waals surface area contributed by atoms with E-state index in [1.807, 2.05) is 59.0 Å². The summed E-state index contributed by atoms with van der Waals surface area (Å²) in [6.07, 6.45) is 6.14. The van der Waals surface area contributed by atoms with Gasteiger partial charge in [-0.25, -0.2) is 9.97 Å². The minimum absolute atomic E-state index is 0.150. The molecule has 0 spiro atoms. The Morgan fingerprint density at radius 2 is 2.16 bits per heavy atom. The Morgan fingerprint density at radius 3 is 3.00 bits per heavy atom. The fourth-order valence-electron chi connectivity index (χ4n) is 4.46. The van der Waals surface area contributed by atoms with Crippen LogP contribution in [0.25, 0.3) is 5.65 Å². The van der Waals surface area contributed by atoms with E-state index in [1.165, 1.54) is 0 Å². The minimum Gasteiger partial charge on any atom is -0.342 e. The first kappa shape index (κ1) is 20.6. The number of imidazole rings is 1. The predicted octanol–water partition coefficient (Wildman–Crippen LogP) is 4.49. The first-order valence-electron chi connectivity index (χ1n) is 10.9. The first-order chi connectivity index (χ1) is 15.6. The van der Waals surface area contributed by atoms with Gasteiger partial charge in [-0.1, -0.05) is 6.07 Å². The number of aryl methyl sites for hydroxylation is 2. The van der Waals surface area contributed by atoms with Crippen LogP contribution < -0.4 is 5.32 Å². The van der Waals surface area contributed by atoms with Gasteiger partial charge in [0.05, 0.1) is 17.8 Å². The number of nitrogens with one attached hydrogen (secondary N) is 1. The third-order valence-corrected chi connectivity index (χ3v) is 6.69. The molecule has 1 saturated heterocycles. The van der Waals surface area contributed by atoms with Crippen molar-refractivity contribution in [3.05, 3.63) is 70.9 Å². The Balaban J connectivity index is 1.32. The molecule has 0 unspecified atom stereocenters. The second-order valence-corrected chi connectivity index (χ2v) is 9.21. The van der Waals surface area contributed by atoms with Crippen LogP contribution in [0, 0.1) is 13.8 Å². The summed E-state index contributed by atoms with van der Waals surface area (Å²) >= 11 is 1.57. The van der Waals surface area contributed by atoms with Crippen molar-refractivity contribution in [2.75, 3.05) is 18.4 Å². The summed E-state index contributed by atoms with van der Waals surface area (Å²) in [6, 6.07) is 10.0. The zero-order valence-corrected chi connectivity index (χ0v) is 19.1. The van der Waals surface area contributed by atoms with E-state index in [9.17, 15) is 4.79 Å². The normalized spacial score (nSPS) is 16.4. The molecule has 5 heterocycles. The number of likely N-dealkylation sites (tertiary alicyclic amines) is 1. The lowest BCUT2D eigenvalue weighted by Gasteiger charge is -2.33. The van der Waals surface area contributed by atoms with Gasteiger partial charge in [-0.3, -0.25) is 9.78 Å². The topological polar surface area (TPSA) is 75.4 Å². The molecule has 0 aromatic carbocycles. The summed E-state index contributed by atoms with van der Waals surface area (Å²) in [5.74, 6) is 0.380. The molecule has 0 aliphatic carbocycles. The second kappa shape index (κ2) is 8.70. The molecule has 0 radical (unpaired) electrons. The molecule has 0 saturated carbocycles. The zero-order chi connectivity index (χ0) is 22.1. The number of nitrogens with zero attached hydrogens (tertiary/aromatic N) is 5. The maximum atomic E-state index is 13.2. The van der Waals surface area contributed by atoms with Gasteiger partial charge in [-0.2, -0.15) is 0 Å². The number of fused-ring (bicyclic) bond motifs is 1. The molecule has 1 amide bonds. The van der Waals surface area contributed by atoms with Crippen LogP contribution in [0.5, 0.6) is 0 Å². The fourth-order valence-corrected chi connectivity index (χ4v) is 5.01. The van der Waals surface area contributed by atoms with Crippen LogP contribution in [0.4, 0.5) is 10.8 Å². The van der Waals surface area contributed by atoms with Gasteiger partial charge in [0.1, 0.15) is 5.65 Å². The van der Waals surface area contributed by atoms with E-state index in [1.54, 1.807) is 17.5 Å². The van der Waals surface area contributed by atoms with Crippen molar-refractivity contribution in [2.24, 2.45) is 0 Å². The monoisotopic (exact) mass is 446 g/mol. The minimum atomic E-state index is 0.150. The number of aromatic nitrogens is 4. The molecule has 5 rings (SSSR count). The van der Waals surface area contributed by atoms with E-state index in [2.05, 4.69) is 21.4 Å². The quantitative estimate of drug-likeness (QED) is 0.489. The lowest BCUT2D eigenvalue weighted by molar-refractivity contribution is -0.131. The van der Waals surface area contributed by atoms with E-state index in [0.29, 0.717) is 13.0 Å². The smallest absolute Gasteiger partial charge is 0.228 e. The molecule has 32 heavy (non-hydrogen) atoms. The number of anilines is 2. The Hall–Kier alpha value is -3.26. The van der Waals surface area contributed by atoms with E-state index in [4.69, 9.17) is 4.98 Å². The van der Waals surface area contributed by atoms with Gasteiger partial charge in [0, 0.05) is 53.9 Å². The molecule has 4 aromatic heterocycles. The molecule has 1 aliphatic rings. The fraction of sp³-hybridized carbons (Fsp3) is 0.333. The largest absolute Gasteiger partial charge is 0.342 e. The average Bonchev–Trinajstić information content (AvgIpc) is 3.41. The number of thiazole rings is 1. The first-order valence-corrected chi connectivity index (χ1v) is 11.8. The van der Waals surface area contributed by atoms with Crippen molar-refractivity contribution in [1.29, 1.82) is 0 Å². The Bertz CT molecular complexity index is 1250. The predicted molar refractivity (Wildman–Crippen MR) is 127 cm³/mol. The summed E-state index contributed by atoms with van der Waals surface area (Å²) in [4.78, 5) is 28.9. The van der Waals surface area contributed by atoms with Crippen LogP contribution in [-0.2, 0) is 11.2 Å². The Labute approximate surface area is 191 Å². The highest BCUT2D eigenvalue weighted by atomic mass is 32.1. The number of hydrogen-bond donors (Lipinski definition) is 1. The molecule has 4 aromatic rings. The molecular formula is C24H26N6OS. The number of pyridine rings is 2.